The minimum atomic E-state index is 0.501. The number of fused-ring (bicyclic) bond motifs is 1. The summed E-state index contributed by atoms with van der Waals surface area (Å²) in [5.74, 6) is 2.00. The van der Waals surface area contributed by atoms with Crippen LogP contribution in [0.25, 0.3) is 11.7 Å². The number of anilines is 1. The monoisotopic (exact) mass is 271 g/mol. The van der Waals surface area contributed by atoms with Crippen molar-refractivity contribution in [2.45, 2.75) is 19.3 Å². The molecular formula is C15H21N5. The molecule has 2 atom stereocenters. The van der Waals surface area contributed by atoms with E-state index in [0.717, 1.165) is 30.2 Å². The molecule has 0 radical (unpaired) electrons. The summed E-state index contributed by atoms with van der Waals surface area (Å²) in [6.45, 7) is 8.28. The molecule has 0 spiro atoms. The molecule has 1 fully saturated rings. The highest BCUT2D eigenvalue weighted by atomic mass is 15.1. The zero-order valence-corrected chi connectivity index (χ0v) is 12.1. The van der Waals surface area contributed by atoms with Gasteiger partial charge in [0.2, 0.25) is 0 Å². The van der Waals surface area contributed by atoms with Crippen molar-refractivity contribution < 1.29 is 0 Å². The Labute approximate surface area is 119 Å². The number of hydrogen-bond donors (Lipinski definition) is 2. The van der Waals surface area contributed by atoms with E-state index in [2.05, 4.69) is 38.5 Å². The predicted octanol–water partition coefficient (Wildman–Crippen LogP) is 2.13. The van der Waals surface area contributed by atoms with Crippen LogP contribution < -0.4 is 10.6 Å². The molecule has 1 aliphatic heterocycles. The molecule has 0 bridgehead atoms. The fourth-order valence-electron chi connectivity index (χ4n) is 3.18. The van der Waals surface area contributed by atoms with E-state index >= 15 is 0 Å². The summed E-state index contributed by atoms with van der Waals surface area (Å²) in [7, 11) is 1.88. The highest BCUT2D eigenvalue weighted by molar-refractivity contribution is 5.63. The SMILES string of the molecule is C=Cc1c(NC)ncc2ncc(C3CNCC3CC)n12. The van der Waals surface area contributed by atoms with E-state index in [9.17, 15) is 0 Å². The zero-order chi connectivity index (χ0) is 14.1. The van der Waals surface area contributed by atoms with Crippen LogP contribution in [0.3, 0.4) is 0 Å². The maximum atomic E-state index is 4.51. The molecule has 1 saturated heterocycles. The third-order valence-electron chi connectivity index (χ3n) is 4.28. The molecule has 2 aromatic rings. The van der Waals surface area contributed by atoms with E-state index < -0.39 is 0 Å². The topological polar surface area (TPSA) is 54.2 Å². The highest BCUT2D eigenvalue weighted by Gasteiger charge is 2.30. The summed E-state index contributed by atoms with van der Waals surface area (Å²) in [5, 5.41) is 6.62. The first-order valence-electron chi connectivity index (χ1n) is 7.17. The second-order valence-corrected chi connectivity index (χ2v) is 5.26. The van der Waals surface area contributed by atoms with Crippen molar-refractivity contribution in [1.29, 1.82) is 0 Å². The third-order valence-corrected chi connectivity index (χ3v) is 4.28. The first-order chi connectivity index (χ1) is 9.80. The predicted molar refractivity (Wildman–Crippen MR) is 82.0 cm³/mol. The van der Waals surface area contributed by atoms with Gasteiger partial charge in [0, 0.05) is 31.4 Å². The molecule has 106 valence electrons. The van der Waals surface area contributed by atoms with E-state index in [1.165, 1.54) is 12.1 Å². The van der Waals surface area contributed by atoms with Crippen LogP contribution in [0.5, 0.6) is 0 Å². The number of rotatable bonds is 4. The lowest BCUT2D eigenvalue weighted by Crippen LogP contribution is -2.13. The normalized spacial score (nSPS) is 22.3. The fourth-order valence-corrected chi connectivity index (χ4v) is 3.18. The first kappa shape index (κ1) is 13.1. The van der Waals surface area contributed by atoms with Crippen molar-refractivity contribution in [3.8, 4) is 0 Å². The average molecular weight is 271 g/mol. The molecule has 20 heavy (non-hydrogen) atoms. The molecule has 5 nitrogen and oxygen atoms in total. The van der Waals surface area contributed by atoms with Crippen molar-refractivity contribution in [3.05, 3.63) is 30.4 Å². The second-order valence-electron chi connectivity index (χ2n) is 5.26. The van der Waals surface area contributed by atoms with Crippen molar-refractivity contribution in [1.82, 2.24) is 19.7 Å². The molecule has 1 aliphatic rings. The van der Waals surface area contributed by atoms with Gasteiger partial charge in [0.25, 0.3) is 0 Å². The van der Waals surface area contributed by atoms with Gasteiger partial charge in [-0.25, -0.2) is 9.97 Å². The Kier molecular flexibility index (Phi) is 3.44. The lowest BCUT2D eigenvalue weighted by Gasteiger charge is -2.18. The van der Waals surface area contributed by atoms with Crippen LogP contribution in [0.15, 0.2) is 19.0 Å². The molecule has 0 amide bonds. The van der Waals surface area contributed by atoms with Crippen LogP contribution in [0.1, 0.15) is 30.7 Å². The Morgan fingerprint density at radius 2 is 2.30 bits per heavy atom. The number of hydrogen-bond acceptors (Lipinski definition) is 4. The van der Waals surface area contributed by atoms with E-state index in [4.69, 9.17) is 0 Å². The number of aromatic nitrogens is 3. The van der Waals surface area contributed by atoms with Crippen molar-refractivity contribution in [2.24, 2.45) is 5.92 Å². The molecule has 0 aromatic carbocycles. The fraction of sp³-hybridized carbons (Fsp3) is 0.467. The average Bonchev–Trinajstić information content (AvgIpc) is 3.11. The molecule has 2 aromatic heterocycles. The van der Waals surface area contributed by atoms with Crippen molar-refractivity contribution in [3.63, 3.8) is 0 Å². The molecule has 3 rings (SSSR count). The van der Waals surface area contributed by atoms with E-state index in [-0.39, 0.29) is 0 Å². The summed E-state index contributed by atoms with van der Waals surface area (Å²) < 4.78 is 2.19. The highest BCUT2D eigenvalue weighted by Crippen LogP contribution is 2.32. The Morgan fingerprint density at radius 1 is 1.45 bits per heavy atom. The van der Waals surface area contributed by atoms with Crippen LogP contribution in [-0.4, -0.2) is 34.5 Å². The van der Waals surface area contributed by atoms with Gasteiger partial charge in [-0.05, 0) is 18.5 Å². The minimum absolute atomic E-state index is 0.501. The van der Waals surface area contributed by atoms with E-state index in [1.807, 2.05) is 25.5 Å². The van der Waals surface area contributed by atoms with E-state index in [1.54, 1.807) is 0 Å². The maximum absolute atomic E-state index is 4.51. The second kappa shape index (κ2) is 5.25. The van der Waals surface area contributed by atoms with Gasteiger partial charge in [-0.15, -0.1) is 0 Å². The lowest BCUT2D eigenvalue weighted by molar-refractivity contribution is 0.492. The van der Waals surface area contributed by atoms with Gasteiger partial charge in [-0.3, -0.25) is 4.40 Å². The smallest absolute Gasteiger partial charge is 0.156 e. The van der Waals surface area contributed by atoms with Crippen molar-refractivity contribution >= 4 is 17.5 Å². The number of imidazole rings is 1. The van der Waals surface area contributed by atoms with Gasteiger partial charge in [0.15, 0.2) is 5.65 Å². The van der Waals surface area contributed by atoms with Crippen LogP contribution in [0.2, 0.25) is 0 Å². The summed E-state index contributed by atoms with van der Waals surface area (Å²) >= 11 is 0. The molecule has 0 aliphatic carbocycles. The largest absolute Gasteiger partial charge is 0.371 e. The van der Waals surface area contributed by atoms with Gasteiger partial charge < -0.3 is 10.6 Å². The Morgan fingerprint density at radius 3 is 3.00 bits per heavy atom. The molecule has 2 unspecified atom stereocenters. The third kappa shape index (κ3) is 1.89. The minimum Gasteiger partial charge on any atom is -0.371 e. The quantitative estimate of drug-likeness (QED) is 0.894. The van der Waals surface area contributed by atoms with Gasteiger partial charge in [0.05, 0.1) is 11.9 Å². The number of nitrogens with zero attached hydrogens (tertiary/aromatic N) is 3. The van der Waals surface area contributed by atoms with Crippen molar-refractivity contribution in [2.75, 3.05) is 25.5 Å². The molecule has 2 N–H and O–H groups in total. The molecule has 5 heteroatoms. The summed E-state index contributed by atoms with van der Waals surface area (Å²) in [5.41, 5.74) is 3.13. The Bertz CT molecular complexity index is 630. The zero-order valence-electron chi connectivity index (χ0n) is 12.1. The van der Waals surface area contributed by atoms with Gasteiger partial charge in [0.1, 0.15) is 5.82 Å². The molecule has 0 saturated carbocycles. The number of nitrogens with one attached hydrogen (secondary N) is 2. The Hall–Kier alpha value is -1.88. The van der Waals surface area contributed by atoms with Gasteiger partial charge in [-0.1, -0.05) is 19.9 Å². The van der Waals surface area contributed by atoms with Crippen LogP contribution in [0, 0.1) is 5.92 Å². The summed E-state index contributed by atoms with van der Waals surface area (Å²) in [6, 6.07) is 0. The molecular weight excluding hydrogens is 250 g/mol. The standard InChI is InChI=1S/C15H21N5/c1-4-10-6-17-7-11(10)13-8-18-14-9-19-15(16-3)12(5-2)20(13)14/h5,8-11,16-17H,2,4,6-7H2,1,3H3. The van der Waals surface area contributed by atoms with E-state index in [0.29, 0.717) is 11.8 Å². The maximum Gasteiger partial charge on any atom is 0.156 e. The van der Waals surface area contributed by atoms with Gasteiger partial charge in [-0.2, -0.15) is 0 Å². The summed E-state index contributed by atoms with van der Waals surface area (Å²) in [4.78, 5) is 8.91. The van der Waals surface area contributed by atoms with Crippen LogP contribution >= 0.6 is 0 Å². The first-order valence-corrected chi connectivity index (χ1v) is 7.17. The van der Waals surface area contributed by atoms with Crippen LogP contribution in [0.4, 0.5) is 5.82 Å². The molecule has 3 heterocycles. The van der Waals surface area contributed by atoms with Crippen LogP contribution in [-0.2, 0) is 0 Å². The lowest BCUT2D eigenvalue weighted by atomic mass is 9.91. The van der Waals surface area contributed by atoms with Gasteiger partial charge >= 0.3 is 0 Å². The summed E-state index contributed by atoms with van der Waals surface area (Å²) in [6.07, 6.45) is 6.83. The Balaban J connectivity index is 2.18.